The van der Waals surface area contributed by atoms with Gasteiger partial charge < -0.3 is 18.9 Å². The molecule has 1 atom stereocenters. The van der Waals surface area contributed by atoms with Crippen molar-refractivity contribution in [3.63, 3.8) is 0 Å². The van der Waals surface area contributed by atoms with Crippen LogP contribution in [-0.2, 0) is 15.0 Å². The number of ether oxygens (including phenoxy) is 2. The first-order valence-electron chi connectivity index (χ1n) is 9.08. The van der Waals surface area contributed by atoms with Crippen molar-refractivity contribution < 1.29 is 31.6 Å². The van der Waals surface area contributed by atoms with Gasteiger partial charge in [0.2, 0.25) is 5.89 Å². The number of hydrogen-bond acceptors (Lipinski definition) is 6. The smallest absolute Gasteiger partial charge is 0.422 e. The summed E-state index contributed by atoms with van der Waals surface area (Å²) >= 11 is 0. The summed E-state index contributed by atoms with van der Waals surface area (Å²) in [6.45, 7) is 1.96. The fourth-order valence-electron chi connectivity index (χ4n) is 3.65. The molecule has 0 amide bonds. The predicted octanol–water partition coefficient (Wildman–Crippen LogP) is 3.40. The number of rotatable bonds is 6. The summed E-state index contributed by atoms with van der Waals surface area (Å²) in [6, 6.07) is 0. The molecule has 1 aromatic heterocycles. The van der Waals surface area contributed by atoms with Crippen molar-refractivity contribution in [2.75, 3.05) is 26.4 Å². The van der Waals surface area contributed by atoms with Gasteiger partial charge in [-0.05, 0) is 31.8 Å². The van der Waals surface area contributed by atoms with E-state index < -0.39 is 24.0 Å². The zero-order valence-corrected chi connectivity index (χ0v) is 15.6. The molecule has 0 spiro atoms. The molecule has 3 aliphatic rings. The van der Waals surface area contributed by atoms with Gasteiger partial charge in [0.1, 0.15) is 11.3 Å². The van der Waals surface area contributed by atoms with Crippen molar-refractivity contribution >= 4 is 0 Å². The minimum Gasteiger partial charge on any atom is -0.484 e. The van der Waals surface area contributed by atoms with E-state index in [2.05, 4.69) is 10.1 Å². The van der Waals surface area contributed by atoms with Gasteiger partial charge in [-0.15, -0.1) is 0 Å². The molecule has 0 bridgehead atoms. The summed E-state index contributed by atoms with van der Waals surface area (Å²) in [4.78, 5) is 6.23. The number of nitrogens with zero attached hydrogens (tertiary/aromatic N) is 3. The topological polar surface area (TPSA) is 60.6 Å². The molecule has 1 saturated heterocycles. The van der Waals surface area contributed by atoms with Crippen LogP contribution >= 0.6 is 0 Å². The lowest BCUT2D eigenvalue weighted by Gasteiger charge is -2.44. The second-order valence-corrected chi connectivity index (χ2v) is 7.68. The quantitative estimate of drug-likeness (QED) is 0.679. The van der Waals surface area contributed by atoms with E-state index >= 15 is 4.39 Å². The summed E-state index contributed by atoms with van der Waals surface area (Å²) < 4.78 is 68.0. The minimum absolute atomic E-state index is 0.0568. The number of aryl methyl sites for hydroxylation is 1. The Morgan fingerprint density at radius 1 is 1.32 bits per heavy atom. The zero-order valence-electron chi connectivity index (χ0n) is 15.6. The Balaban J connectivity index is 1.66. The van der Waals surface area contributed by atoms with E-state index in [1.54, 1.807) is 6.92 Å². The Bertz CT molecular complexity index is 811. The van der Waals surface area contributed by atoms with Crippen LogP contribution in [0.4, 0.5) is 17.6 Å². The molecule has 2 fully saturated rings. The van der Waals surface area contributed by atoms with E-state index in [-0.39, 0.29) is 37.0 Å². The summed E-state index contributed by atoms with van der Waals surface area (Å²) in [6.07, 6.45) is 0.420. The lowest BCUT2D eigenvalue weighted by Crippen LogP contribution is -2.51. The van der Waals surface area contributed by atoms with Gasteiger partial charge in [0.05, 0.1) is 18.8 Å². The van der Waals surface area contributed by atoms with Crippen LogP contribution in [-0.4, -0.2) is 53.3 Å². The van der Waals surface area contributed by atoms with Crippen LogP contribution in [0.2, 0.25) is 0 Å². The Morgan fingerprint density at radius 3 is 2.54 bits per heavy atom. The van der Waals surface area contributed by atoms with E-state index in [9.17, 15) is 13.2 Å². The van der Waals surface area contributed by atoms with Crippen molar-refractivity contribution in [3.8, 4) is 0 Å². The third-order valence-electron chi connectivity index (χ3n) is 5.51. The van der Waals surface area contributed by atoms with E-state index in [1.165, 1.54) is 12.3 Å². The van der Waals surface area contributed by atoms with Crippen molar-refractivity contribution in [3.05, 3.63) is 35.3 Å². The standard InChI is InChI=1S/C18H21F4N3O3/c1-11-23-15(24-28-11)16(2,12-3-4-12)25-6-5-14(27-10-18(20,21)22)13(7-25)17(19)8-26-9-17/h5,7,12H,3-4,6,8-10H2,1-2H3/t16-/m1/s1. The lowest BCUT2D eigenvalue weighted by molar-refractivity contribution is -0.166. The van der Waals surface area contributed by atoms with Crippen LogP contribution in [0.25, 0.3) is 0 Å². The van der Waals surface area contributed by atoms with E-state index in [0.29, 0.717) is 11.7 Å². The molecule has 2 aliphatic heterocycles. The maximum absolute atomic E-state index is 15.2. The van der Waals surface area contributed by atoms with Gasteiger partial charge in [-0.2, -0.15) is 18.2 Å². The highest BCUT2D eigenvalue weighted by Crippen LogP contribution is 2.50. The average molecular weight is 403 g/mol. The molecular weight excluding hydrogens is 382 g/mol. The summed E-state index contributed by atoms with van der Waals surface area (Å²) in [5.74, 6) is 1.04. The van der Waals surface area contributed by atoms with Crippen molar-refractivity contribution in [2.24, 2.45) is 5.92 Å². The number of halogens is 4. The molecule has 0 radical (unpaired) electrons. The highest BCUT2D eigenvalue weighted by molar-refractivity contribution is 5.40. The van der Waals surface area contributed by atoms with Crippen LogP contribution in [0.5, 0.6) is 0 Å². The van der Waals surface area contributed by atoms with Crippen molar-refractivity contribution in [1.29, 1.82) is 0 Å². The van der Waals surface area contributed by atoms with E-state index in [1.807, 2.05) is 11.8 Å². The number of hydrogen-bond donors (Lipinski definition) is 0. The lowest BCUT2D eigenvalue weighted by atomic mass is 9.87. The van der Waals surface area contributed by atoms with Crippen LogP contribution in [0.15, 0.2) is 28.1 Å². The van der Waals surface area contributed by atoms with Crippen LogP contribution in [0, 0.1) is 12.8 Å². The molecule has 0 aromatic carbocycles. The second kappa shape index (κ2) is 6.47. The average Bonchev–Trinajstić information content (AvgIpc) is 3.38. The SMILES string of the molecule is Cc1nc([C@@](C)(C2CC2)N2C=C(C3(F)COC3)C(OCC(F)(F)F)=CC2)no1. The maximum Gasteiger partial charge on any atom is 0.422 e. The third-order valence-corrected chi connectivity index (χ3v) is 5.51. The van der Waals surface area contributed by atoms with E-state index in [4.69, 9.17) is 14.0 Å². The monoisotopic (exact) mass is 403 g/mol. The van der Waals surface area contributed by atoms with Gasteiger partial charge >= 0.3 is 6.18 Å². The molecule has 0 unspecified atom stereocenters. The Labute approximate surface area is 159 Å². The molecule has 4 rings (SSSR count). The maximum atomic E-state index is 15.2. The van der Waals surface area contributed by atoms with Gasteiger partial charge in [0.15, 0.2) is 18.1 Å². The van der Waals surface area contributed by atoms with Gasteiger partial charge in [-0.1, -0.05) is 5.16 Å². The molecule has 10 heteroatoms. The number of aromatic nitrogens is 2. The zero-order chi connectivity index (χ0) is 20.2. The minimum atomic E-state index is -4.51. The Hall–Kier alpha value is -2.10. The van der Waals surface area contributed by atoms with Crippen LogP contribution < -0.4 is 0 Å². The molecule has 1 aromatic rings. The van der Waals surface area contributed by atoms with Crippen LogP contribution in [0.3, 0.4) is 0 Å². The van der Waals surface area contributed by atoms with Gasteiger partial charge in [-0.25, -0.2) is 4.39 Å². The van der Waals surface area contributed by atoms with E-state index in [0.717, 1.165) is 12.8 Å². The predicted molar refractivity (Wildman–Crippen MR) is 88.6 cm³/mol. The second-order valence-electron chi connectivity index (χ2n) is 7.68. The van der Waals surface area contributed by atoms with Gasteiger partial charge in [0.25, 0.3) is 0 Å². The largest absolute Gasteiger partial charge is 0.484 e. The van der Waals surface area contributed by atoms with Gasteiger partial charge in [-0.3, -0.25) is 0 Å². The fraction of sp³-hybridized carbons (Fsp3) is 0.667. The highest BCUT2D eigenvalue weighted by Gasteiger charge is 2.52. The third kappa shape index (κ3) is 3.38. The van der Waals surface area contributed by atoms with Crippen molar-refractivity contribution in [2.45, 2.75) is 44.1 Å². The number of alkyl halides is 4. The fourth-order valence-corrected chi connectivity index (χ4v) is 3.65. The molecule has 28 heavy (non-hydrogen) atoms. The highest BCUT2D eigenvalue weighted by atomic mass is 19.4. The molecule has 1 saturated carbocycles. The number of allylic oxidation sites excluding steroid dienone is 1. The molecule has 154 valence electrons. The summed E-state index contributed by atoms with van der Waals surface area (Å²) in [7, 11) is 0. The van der Waals surface area contributed by atoms with Gasteiger partial charge in [0, 0.05) is 19.7 Å². The van der Waals surface area contributed by atoms with Crippen molar-refractivity contribution in [1.82, 2.24) is 15.0 Å². The summed E-state index contributed by atoms with van der Waals surface area (Å²) in [5.41, 5.74) is -2.48. The Morgan fingerprint density at radius 2 is 2.04 bits per heavy atom. The Kier molecular flexibility index (Phi) is 4.44. The summed E-state index contributed by atoms with van der Waals surface area (Å²) in [5, 5.41) is 4.06. The first-order chi connectivity index (χ1) is 13.1. The normalized spacial score (nSPS) is 24.1. The molecule has 0 N–H and O–H groups in total. The molecule has 1 aliphatic carbocycles. The molecular formula is C18H21F4N3O3. The first-order valence-corrected chi connectivity index (χ1v) is 9.08. The van der Waals surface area contributed by atoms with Crippen LogP contribution in [0.1, 0.15) is 31.5 Å². The molecule has 6 nitrogen and oxygen atoms in total. The molecule has 3 heterocycles. The first kappa shape index (κ1) is 19.2.